The summed E-state index contributed by atoms with van der Waals surface area (Å²) >= 11 is 0. The highest BCUT2D eigenvalue weighted by atomic mass is 16.4. The molecule has 0 fully saturated rings. The van der Waals surface area contributed by atoms with Crippen LogP contribution in [0.2, 0.25) is 0 Å². The van der Waals surface area contributed by atoms with Crippen molar-refractivity contribution in [1.82, 2.24) is 58.5 Å². The minimum absolute atomic E-state index is 0.0337. The Hall–Kier alpha value is -8.27. The van der Waals surface area contributed by atoms with Crippen LogP contribution in [0.15, 0.2) is 0 Å². The molecule has 0 saturated carbocycles. The highest BCUT2D eigenvalue weighted by Gasteiger charge is 2.36. The lowest BCUT2D eigenvalue weighted by Gasteiger charge is -2.29. The largest absolute Gasteiger partial charge is 0.481 e. The standard InChI is InChI=1S/C51H90N16O18/c1-8-25(4)39(67-47(81)34(22-24(2)3)65-42(76)28(7)59-44(78)30(12-9-10-20-52)62-43(77)29(53)14-18-37(70)71)49(83)66-35(23-68)48(82)60-26(5)40(74)58-27(6)41(75)61-31(15-17-36(54)69)45(79)63-32(16-19-38(72)73)46(80)64-33(50(84)85)13-11-21-57-51(55)56/h24-35,39,68H,8-23,52-53H2,1-7H3,(H2,54,69)(H,58,74)(H,59,78)(H,60,82)(H,61,75)(H,62,77)(H,63,79)(H,64,80)(H,65,76)(H,66,83)(H,67,81)(H,70,71)(H,72,73)(H,84,85)(H4,55,56,57)/t25-,26-,27-,28-,29-,30-,31-,32-,33-,34-,35-,39-/m0/s1. The number of hydrogen-bond acceptors (Lipinski definition) is 18. The Morgan fingerprint density at radius 1 is 0.459 bits per heavy atom. The highest BCUT2D eigenvalue weighted by molar-refractivity contribution is 5.99. The molecule has 34 heteroatoms. The van der Waals surface area contributed by atoms with Gasteiger partial charge in [-0.25, -0.2) is 4.79 Å². The summed E-state index contributed by atoms with van der Waals surface area (Å²) in [7, 11) is 0. The van der Waals surface area contributed by atoms with Crippen molar-refractivity contribution in [2.45, 2.75) is 198 Å². The van der Waals surface area contributed by atoms with Gasteiger partial charge in [0.05, 0.1) is 12.6 Å². The molecule has 34 nitrogen and oxygen atoms in total. The number of carbonyl (C=O) groups excluding carboxylic acids is 11. The Kier molecular flexibility index (Phi) is 36.2. The van der Waals surface area contributed by atoms with Crippen LogP contribution < -0.4 is 81.4 Å². The van der Waals surface area contributed by atoms with E-state index in [1.807, 2.05) is 0 Å². The minimum atomic E-state index is -1.73. The number of carboxylic acids is 3. The van der Waals surface area contributed by atoms with Gasteiger partial charge in [0.2, 0.25) is 65.0 Å². The predicted octanol–water partition coefficient (Wildman–Crippen LogP) is -6.22. The molecule has 0 aromatic rings. The fourth-order valence-corrected chi connectivity index (χ4v) is 7.74. The summed E-state index contributed by atoms with van der Waals surface area (Å²) in [6, 6.07) is -16.0. The molecule has 24 N–H and O–H groups in total. The third-order valence-electron chi connectivity index (χ3n) is 13.0. The van der Waals surface area contributed by atoms with E-state index in [2.05, 4.69) is 58.5 Å². The maximum absolute atomic E-state index is 13.9. The van der Waals surface area contributed by atoms with Gasteiger partial charge in [0.1, 0.15) is 60.4 Å². The summed E-state index contributed by atoms with van der Waals surface area (Å²) in [5.41, 5.74) is 21.9. The number of carboxylic acid groups (broad SMARTS) is 3. The van der Waals surface area contributed by atoms with E-state index in [4.69, 9.17) is 33.5 Å². The summed E-state index contributed by atoms with van der Waals surface area (Å²) in [6.45, 7) is 9.80. The van der Waals surface area contributed by atoms with Crippen LogP contribution in [0.4, 0.5) is 0 Å². The molecule has 0 unspecified atom stereocenters. The Morgan fingerprint density at radius 3 is 1.33 bits per heavy atom. The molecular formula is C51H90N16O18. The molecule has 0 aromatic carbocycles. The number of amides is 11. The van der Waals surface area contributed by atoms with E-state index in [1.54, 1.807) is 27.7 Å². The molecule has 0 spiro atoms. The monoisotopic (exact) mass is 1210 g/mol. The molecule has 482 valence electrons. The van der Waals surface area contributed by atoms with E-state index in [-0.39, 0.29) is 63.5 Å². The van der Waals surface area contributed by atoms with Crippen LogP contribution in [-0.2, 0) is 67.1 Å². The van der Waals surface area contributed by atoms with Crippen LogP contribution in [-0.4, -0.2) is 195 Å². The first kappa shape index (κ1) is 76.7. The SMILES string of the molecule is CC[C@H](C)[C@H](NC(=O)[C@H](CC(C)C)NC(=O)[C@H](C)NC(=O)[C@H](CCCCN)NC(=O)[C@@H](N)CCC(=O)O)C(=O)N[C@@H](CO)C(=O)N[C@@H](C)C(=O)N[C@@H](C)C(=O)N[C@@H](CCC(N)=O)C(=O)N[C@@H](CCC(=O)O)C(=O)N[C@@H](CCCNC(=N)N)C(=O)O. The Labute approximate surface area is 492 Å². The second-order valence-electron chi connectivity index (χ2n) is 20.8. The second kappa shape index (κ2) is 40.1. The molecule has 0 aliphatic heterocycles. The minimum Gasteiger partial charge on any atom is -0.481 e. The lowest BCUT2D eigenvalue weighted by atomic mass is 9.96. The number of aliphatic carboxylic acids is 3. The van der Waals surface area contributed by atoms with Gasteiger partial charge in [0.25, 0.3) is 0 Å². The topological polar surface area (TPSA) is 580 Å². The third-order valence-corrected chi connectivity index (χ3v) is 13.0. The third kappa shape index (κ3) is 31.3. The summed E-state index contributed by atoms with van der Waals surface area (Å²) < 4.78 is 0. The van der Waals surface area contributed by atoms with Crippen molar-refractivity contribution in [1.29, 1.82) is 5.41 Å². The van der Waals surface area contributed by atoms with E-state index in [0.717, 1.165) is 0 Å². The molecule has 0 aromatic heterocycles. The first-order valence-corrected chi connectivity index (χ1v) is 27.8. The summed E-state index contributed by atoms with van der Waals surface area (Å²) in [5.74, 6) is -15.8. The zero-order chi connectivity index (χ0) is 65.3. The Bertz CT molecular complexity index is 2330. The van der Waals surface area contributed by atoms with Crippen LogP contribution in [0, 0.1) is 17.2 Å². The molecule has 0 radical (unpaired) electrons. The number of aliphatic hydroxyl groups excluding tert-OH is 1. The van der Waals surface area contributed by atoms with E-state index in [1.165, 1.54) is 20.8 Å². The summed E-state index contributed by atoms with van der Waals surface area (Å²) in [5, 5.41) is 71.8. The molecule has 0 aliphatic carbocycles. The Morgan fingerprint density at radius 2 is 0.859 bits per heavy atom. The highest BCUT2D eigenvalue weighted by Crippen LogP contribution is 2.13. The maximum atomic E-state index is 13.9. The fourth-order valence-electron chi connectivity index (χ4n) is 7.74. The number of nitrogens with one attached hydrogen (secondary N) is 12. The zero-order valence-corrected chi connectivity index (χ0v) is 49.1. The number of carbonyl (C=O) groups is 14. The number of aliphatic hydroxyl groups is 1. The van der Waals surface area contributed by atoms with Crippen molar-refractivity contribution in [2.24, 2.45) is 34.8 Å². The van der Waals surface area contributed by atoms with Crippen molar-refractivity contribution >= 4 is 88.8 Å². The van der Waals surface area contributed by atoms with E-state index in [0.29, 0.717) is 12.8 Å². The first-order valence-electron chi connectivity index (χ1n) is 27.8. The average molecular weight is 1220 g/mol. The number of rotatable bonds is 43. The van der Waals surface area contributed by atoms with Crippen molar-refractivity contribution in [2.75, 3.05) is 19.7 Å². The molecule has 0 saturated heterocycles. The summed E-state index contributed by atoms with van der Waals surface area (Å²) in [4.78, 5) is 181. The van der Waals surface area contributed by atoms with Crippen LogP contribution in [0.25, 0.3) is 0 Å². The van der Waals surface area contributed by atoms with Gasteiger partial charge in [-0.05, 0) is 96.9 Å². The molecule has 0 bridgehead atoms. The lowest BCUT2D eigenvalue weighted by Crippen LogP contribution is -2.61. The number of nitrogens with two attached hydrogens (primary N) is 4. The van der Waals surface area contributed by atoms with Gasteiger partial charge >= 0.3 is 17.9 Å². The molecule has 0 aliphatic rings. The summed E-state index contributed by atoms with van der Waals surface area (Å²) in [6.07, 6.45) is -1.59. The maximum Gasteiger partial charge on any atom is 0.326 e. The van der Waals surface area contributed by atoms with Gasteiger partial charge in [-0.1, -0.05) is 34.1 Å². The molecule has 12 atom stereocenters. The van der Waals surface area contributed by atoms with E-state index < -0.39 is 194 Å². The van der Waals surface area contributed by atoms with Gasteiger partial charge in [-0.2, -0.15) is 0 Å². The normalized spacial score (nSPS) is 15.2. The first-order chi connectivity index (χ1) is 39.7. The van der Waals surface area contributed by atoms with Gasteiger partial charge in [0, 0.05) is 25.8 Å². The average Bonchev–Trinajstić information content (AvgIpc) is 3.45. The molecule has 0 rings (SSSR count). The predicted molar refractivity (Wildman–Crippen MR) is 302 cm³/mol. The van der Waals surface area contributed by atoms with Crippen molar-refractivity contribution in [3.8, 4) is 0 Å². The number of guanidine groups is 1. The van der Waals surface area contributed by atoms with E-state index in [9.17, 15) is 82.4 Å². The quantitative estimate of drug-likeness (QED) is 0.0153. The molecule has 11 amide bonds. The van der Waals surface area contributed by atoms with E-state index >= 15 is 0 Å². The van der Waals surface area contributed by atoms with Gasteiger partial charge in [-0.3, -0.25) is 67.7 Å². The second-order valence-corrected chi connectivity index (χ2v) is 20.8. The van der Waals surface area contributed by atoms with Crippen molar-refractivity contribution in [3.05, 3.63) is 0 Å². The van der Waals surface area contributed by atoms with Crippen LogP contribution in [0.3, 0.4) is 0 Å². The van der Waals surface area contributed by atoms with Gasteiger partial charge in [0.15, 0.2) is 5.96 Å². The van der Waals surface area contributed by atoms with Gasteiger partial charge in [-0.15, -0.1) is 0 Å². The molecule has 0 heterocycles. The van der Waals surface area contributed by atoms with Crippen LogP contribution in [0.5, 0.6) is 0 Å². The number of primary amides is 1. The van der Waals surface area contributed by atoms with Crippen LogP contribution >= 0.6 is 0 Å². The van der Waals surface area contributed by atoms with Gasteiger partial charge < -0.3 is 102 Å². The smallest absolute Gasteiger partial charge is 0.326 e. The van der Waals surface area contributed by atoms with Crippen molar-refractivity contribution in [3.63, 3.8) is 0 Å². The zero-order valence-electron chi connectivity index (χ0n) is 49.1. The van der Waals surface area contributed by atoms with Crippen molar-refractivity contribution < 1.29 is 87.5 Å². The Balaban J connectivity index is 6.13. The number of hydrogen-bond donors (Lipinski definition) is 20. The molecule has 85 heavy (non-hydrogen) atoms. The lowest BCUT2D eigenvalue weighted by molar-refractivity contribution is -0.143. The fraction of sp³-hybridized carbons (Fsp3) is 0.706. The number of unbranched alkanes of at least 4 members (excludes halogenated alkanes) is 1. The van der Waals surface area contributed by atoms with Crippen LogP contribution in [0.1, 0.15) is 132 Å². The molecular weight excluding hydrogens is 1120 g/mol.